The lowest BCUT2D eigenvalue weighted by Gasteiger charge is -2.46. The van der Waals surface area contributed by atoms with Gasteiger partial charge in [0.05, 0.1) is 6.17 Å². The van der Waals surface area contributed by atoms with Crippen molar-refractivity contribution in [3.8, 4) is 0 Å². The number of hydrogen-bond donors (Lipinski definition) is 0. The molecule has 0 aromatic carbocycles. The van der Waals surface area contributed by atoms with Crippen molar-refractivity contribution in [1.29, 1.82) is 0 Å². The molecule has 1 saturated carbocycles. The van der Waals surface area contributed by atoms with Crippen molar-refractivity contribution in [2.75, 3.05) is 34.7 Å². The van der Waals surface area contributed by atoms with Crippen LogP contribution >= 0.6 is 0 Å². The standard InChI is InChI=1S/C22H42N4O/c1-7-16-25(5)22(20(13-15-23-3)21(8-2)24-4)26(6)19-11-9-18(10-12-19)14-17-27/h15,17-20,22H,7-14,16H2,1-6H3. The fourth-order valence-electron chi connectivity index (χ4n) is 4.76. The molecule has 1 fully saturated rings. The fraction of sp³-hybridized carbons (Fsp3) is 0.864. The van der Waals surface area contributed by atoms with Crippen LogP contribution in [0.15, 0.2) is 9.98 Å². The summed E-state index contributed by atoms with van der Waals surface area (Å²) in [5, 5.41) is 0. The van der Waals surface area contributed by atoms with E-state index in [1.165, 1.54) is 31.4 Å². The highest BCUT2D eigenvalue weighted by Gasteiger charge is 2.35. The van der Waals surface area contributed by atoms with Gasteiger partial charge in [-0.05, 0) is 77.7 Å². The van der Waals surface area contributed by atoms with Gasteiger partial charge in [0.1, 0.15) is 6.29 Å². The summed E-state index contributed by atoms with van der Waals surface area (Å²) in [7, 11) is 8.33. The van der Waals surface area contributed by atoms with Crippen LogP contribution in [0.1, 0.15) is 65.2 Å². The summed E-state index contributed by atoms with van der Waals surface area (Å²) in [5.41, 5.74) is 1.28. The molecule has 2 unspecified atom stereocenters. The van der Waals surface area contributed by atoms with Crippen molar-refractivity contribution < 1.29 is 4.79 Å². The van der Waals surface area contributed by atoms with E-state index in [1.807, 2.05) is 20.3 Å². The van der Waals surface area contributed by atoms with Crippen LogP contribution in [0.5, 0.6) is 0 Å². The fourth-order valence-corrected chi connectivity index (χ4v) is 4.76. The molecule has 0 aromatic rings. The van der Waals surface area contributed by atoms with Gasteiger partial charge < -0.3 is 9.79 Å². The maximum absolute atomic E-state index is 10.8. The molecule has 5 nitrogen and oxygen atoms in total. The molecule has 0 amide bonds. The van der Waals surface area contributed by atoms with E-state index in [-0.39, 0.29) is 0 Å². The van der Waals surface area contributed by atoms with Crippen LogP contribution in [0.2, 0.25) is 0 Å². The zero-order valence-electron chi connectivity index (χ0n) is 18.5. The zero-order valence-corrected chi connectivity index (χ0v) is 18.5. The van der Waals surface area contributed by atoms with E-state index in [1.54, 1.807) is 0 Å². The lowest BCUT2D eigenvalue weighted by Crippen LogP contribution is -2.55. The summed E-state index contributed by atoms with van der Waals surface area (Å²) in [6.45, 7) is 5.53. The predicted molar refractivity (Wildman–Crippen MR) is 117 cm³/mol. The second kappa shape index (κ2) is 13.2. The Bertz CT molecular complexity index is 469. The van der Waals surface area contributed by atoms with Gasteiger partial charge in [-0.3, -0.25) is 14.8 Å². The third kappa shape index (κ3) is 7.11. The molecule has 0 aromatic heterocycles. The first kappa shape index (κ1) is 24.0. The Balaban J connectivity index is 3.04. The Kier molecular flexibility index (Phi) is 11.7. The van der Waals surface area contributed by atoms with Crippen LogP contribution in [0.4, 0.5) is 0 Å². The molecule has 2 atom stereocenters. The van der Waals surface area contributed by atoms with Crippen molar-refractivity contribution in [1.82, 2.24) is 9.80 Å². The largest absolute Gasteiger partial charge is 0.303 e. The highest BCUT2D eigenvalue weighted by molar-refractivity contribution is 5.89. The topological polar surface area (TPSA) is 48.3 Å². The van der Waals surface area contributed by atoms with Gasteiger partial charge in [-0.15, -0.1) is 0 Å². The summed E-state index contributed by atoms with van der Waals surface area (Å²) in [6.07, 6.45) is 12.0. The van der Waals surface area contributed by atoms with E-state index in [0.29, 0.717) is 24.0 Å². The number of nitrogens with zero attached hydrogens (tertiary/aromatic N) is 4. The van der Waals surface area contributed by atoms with Crippen LogP contribution < -0.4 is 0 Å². The van der Waals surface area contributed by atoms with E-state index in [2.05, 4.69) is 47.7 Å². The minimum Gasteiger partial charge on any atom is -0.303 e. The lowest BCUT2D eigenvalue weighted by molar-refractivity contribution is -0.109. The van der Waals surface area contributed by atoms with Gasteiger partial charge in [0, 0.05) is 38.2 Å². The monoisotopic (exact) mass is 378 g/mol. The first-order valence-corrected chi connectivity index (χ1v) is 10.8. The molecular weight excluding hydrogens is 336 g/mol. The quantitative estimate of drug-likeness (QED) is 0.294. The Morgan fingerprint density at radius 3 is 2.30 bits per heavy atom. The molecule has 1 rings (SSSR count). The SMILES string of the molecule is CCCN(C)C(C(CC=NC)C(CC)=NC)N(C)C1CCC(CC=O)CC1. The summed E-state index contributed by atoms with van der Waals surface area (Å²) in [4.78, 5) is 24.9. The molecule has 1 aliphatic carbocycles. The van der Waals surface area contributed by atoms with E-state index in [4.69, 9.17) is 0 Å². The molecule has 27 heavy (non-hydrogen) atoms. The van der Waals surface area contributed by atoms with Gasteiger partial charge in [0.15, 0.2) is 0 Å². The van der Waals surface area contributed by atoms with Crippen molar-refractivity contribution in [2.45, 2.75) is 77.4 Å². The summed E-state index contributed by atoms with van der Waals surface area (Å²) in [5.74, 6) is 0.948. The molecule has 0 saturated heterocycles. The summed E-state index contributed by atoms with van der Waals surface area (Å²) < 4.78 is 0. The van der Waals surface area contributed by atoms with Gasteiger partial charge in [0.25, 0.3) is 0 Å². The minimum atomic E-state index is 0.328. The molecule has 0 aliphatic heterocycles. The number of aldehydes is 1. The highest BCUT2D eigenvalue weighted by Crippen LogP contribution is 2.32. The third-order valence-electron chi connectivity index (χ3n) is 6.25. The van der Waals surface area contributed by atoms with Gasteiger partial charge >= 0.3 is 0 Å². The second-order valence-electron chi connectivity index (χ2n) is 7.99. The summed E-state index contributed by atoms with van der Waals surface area (Å²) in [6, 6.07) is 0.577. The van der Waals surface area contributed by atoms with Crippen LogP contribution in [-0.4, -0.2) is 75.0 Å². The van der Waals surface area contributed by atoms with Crippen LogP contribution in [-0.2, 0) is 4.79 Å². The molecule has 5 heteroatoms. The predicted octanol–water partition coefficient (Wildman–Crippen LogP) is 3.92. The molecular formula is C22H42N4O. The van der Waals surface area contributed by atoms with Gasteiger partial charge in [-0.2, -0.15) is 0 Å². The van der Waals surface area contributed by atoms with Crippen molar-refractivity contribution in [3.63, 3.8) is 0 Å². The van der Waals surface area contributed by atoms with Crippen molar-refractivity contribution in [3.05, 3.63) is 0 Å². The van der Waals surface area contributed by atoms with E-state index < -0.39 is 0 Å². The average Bonchev–Trinajstić information content (AvgIpc) is 2.67. The Hall–Kier alpha value is -1.07. The Morgan fingerprint density at radius 2 is 1.81 bits per heavy atom. The van der Waals surface area contributed by atoms with E-state index in [9.17, 15) is 4.79 Å². The number of rotatable bonds is 12. The second-order valence-corrected chi connectivity index (χ2v) is 7.99. The zero-order chi connectivity index (χ0) is 20.2. The molecule has 0 spiro atoms. The molecule has 0 heterocycles. The first-order chi connectivity index (χ1) is 13.0. The van der Waals surface area contributed by atoms with Crippen molar-refractivity contribution in [2.24, 2.45) is 21.8 Å². The maximum atomic E-state index is 10.8. The van der Waals surface area contributed by atoms with E-state index in [0.717, 1.165) is 38.5 Å². The number of carbonyl (C=O) groups excluding carboxylic acids is 1. The normalized spacial score (nSPS) is 23.9. The lowest BCUT2D eigenvalue weighted by atomic mass is 9.82. The van der Waals surface area contributed by atoms with E-state index >= 15 is 0 Å². The first-order valence-electron chi connectivity index (χ1n) is 10.8. The Morgan fingerprint density at radius 1 is 1.15 bits per heavy atom. The molecule has 1 aliphatic rings. The minimum absolute atomic E-state index is 0.328. The Labute approximate surface area is 167 Å². The molecule has 156 valence electrons. The van der Waals surface area contributed by atoms with Crippen molar-refractivity contribution >= 4 is 18.2 Å². The maximum Gasteiger partial charge on any atom is 0.120 e. The number of carbonyl (C=O) groups is 1. The number of hydrogen-bond acceptors (Lipinski definition) is 5. The van der Waals surface area contributed by atoms with Crippen LogP contribution in [0, 0.1) is 11.8 Å². The third-order valence-corrected chi connectivity index (χ3v) is 6.25. The number of aliphatic imine (C=N–C) groups is 2. The van der Waals surface area contributed by atoms with Crippen LogP contribution in [0.25, 0.3) is 0 Å². The molecule has 0 N–H and O–H groups in total. The average molecular weight is 379 g/mol. The smallest absolute Gasteiger partial charge is 0.120 e. The van der Waals surface area contributed by atoms with Gasteiger partial charge in [-0.1, -0.05) is 13.8 Å². The molecule has 0 radical (unpaired) electrons. The van der Waals surface area contributed by atoms with Gasteiger partial charge in [0.2, 0.25) is 0 Å². The summed E-state index contributed by atoms with van der Waals surface area (Å²) >= 11 is 0. The molecule has 0 bridgehead atoms. The highest BCUT2D eigenvalue weighted by atomic mass is 16.1. The van der Waals surface area contributed by atoms with Gasteiger partial charge in [-0.25, -0.2) is 0 Å². The van der Waals surface area contributed by atoms with Crippen LogP contribution in [0.3, 0.4) is 0 Å².